The van der Waals surface area contributed by atoms with Crippen LogP contribution < -0.4 is 5.32 Å². The van der Waals surface area contributed by atoms with Crippen LogP contribution in [0, 0.1) is 13.8 Å². The van der Waals surface area contributed by atoms with Crippen molar-refractivity contribution in [2.75, 3.05) is 7.05 Å². The molecule has 6 heteroatoms. The number of para-hydroxylation sites is 1. The SMILES string of the molecule is CNCc1c(C)nn(-c2ccccc2C(F)(F)F)c1C. The minimum atomic E-state index is -4.40. The van der Waals surface area contributed by atoms with E-state index < -0.39 is 11.7 Å². The third-order valence-electron chi connectivity index (χ3n) is 3.23. The number of nitrogens with one attached hydrogen (secondary N) is 1. The highest BCUT2D eigenvalue weighted by Crippen LogP contribution is 2.34. The molecule has 2 aromatic rings. The summed E-state index contributed by atoms with van der Waals surface area (Å²) in [6.07, 6.45) is -4.40. The fourth-order valence-corrected chi connectivity index (χ4v) is 2.24. The number of aromatic nitrogens is 2. The Bertz CT molecular complexity index is 615. The molecule has 0 radical (unpaired) electrons. The molecule has 1 aromatic carbocycles. The highest BCUT2D eigenvalue weighted by molar-refractivity contribution is 5.45. The van der Waals surface area contributed by atoms with Crippen molar-refractivity contribution in [2.45, 2.75) is 26.6 Å². The first-order chi connectivity index (χ1) is 9.36. The van der Waals surface area contributed by atoms with Crippen molar-refractivity contribution in [3.63, 3.8) is 0 Å². The van der Waals surface area contributed by atoms with Crippen LogP contribution in [0.1, 0.15) is 22.5 Å². The van der Waals surface area contributed by atoms with Crippen LogP contribution in [-0.2, 0) is 12.7 Å². The molecule has 0 unspecified atom stereocenters. The number of halogens is 3. The molecule has 20 heavy (non-hydrogen) atoms. The Morgan fingerprint density at radius 1 is 1.20 bits per heavy atom. The van der Waals surface area contributed by atoms with E-state index in [1.807, 2.05) is 0 Å². The van der Waals surface area contributed by atoms with Gasteiger partial charge < -0.3 is 5.32 Å². The van der Waals surface area contributed by atoms with E-state index in [1.54, 1.807) is 27.0 Å². The Morgan fingerprint density at radius 2 is 1.85 bits per heavy atom. The van der Waals surface area contributed by atoms with Gasteiger partial charge in [-0.25, -0.2) is 4.68 Å². The lowest BCUT2D eigenvalue weighted by Gasteiger charge is -2.13. The van der Waals surface area contributed by atoms with Gasteiger partial charge in [-0.2, -0.15) is 18.3 Å². The monoisotopic (exact) mass is 283 g/mol. The van der Waals surface area contributed by atoms with E-state index in [2.05, 4.69) is 10.4 Å². The maximum Gasteiger partial charge on any atom is 0.418 e. The van der Waals surface area contributed by atoms with Gasteiger partial charge in [0.25, 0.3) is 0 Å². The van der Waals surface area contributed by atoms with Gasteiger partial charge in [0, 0.05) is 17.8 Å². The fraction of sp³-hybridized carbons (Fsp3) is 0.357. The second-order valence-electron chi connectivity index (χ2n) is 4.61. The lowest BCUT2D eigenvalue weighted by molar-refractivity contribution is -0.137. The number of aryl methyl sites for hydroxylation is 1. The number of hydrogen-bond donors (Lipinski definition) is 1. The predicted molar refractivity (Wildman–Crippen MR) is 70.8 cm³/mol. The van der Waals surface area contributed by atoms with Crippen LogP contribution in [0.5, 0.6) is 0 Å². The molecule has 1 N–H and O–H groups in total. The van der Waals surface area contributed by atoms with Gasteiger partial charge in [-0.15, -0.1) is 0 Å². The summed E-state index contributed by atoms with van der Waals surface area (Å²) in [5, 5.41) is 7.25. The van der Waals surface area contributed by atoms with Crippen LogP contribution in [0.15, 0.2) is 24.3 Å². The zero-order valence-electron chi connectivity index (χ0n) is 11.5. The molecule has 0 fully saturated rings. The topological polar surface area (TPSA) is 29.9 Å². The van der Waals surface area contributed by atoms with Crippen LogP contribution in [0.3, 0.4) is 0 Å². The van der Waals surface area contributed by atoms with Crippen LogP contribution in [0.4, 0.5) is 13.2 Å². The largest absolute Gasteiger partial charge is 0.418 e. The van der Waals surface area contributed by atoms with Crippen LogP contribution >= 0.6 is 0 Å². The van der Waals surface area contributed by atoms with Crippen molar-refractivity contribution in [2.24, 2.45) is 0 Å². The van der Waals surface area contributed by atoms with Gasteiger partial charge in [-0.05, 0) is 33.0 Å². The van der Waals surface area contributed by atoms with Crippen molar-refractivity contribution in [1.82, 2.24) is 15.1 Å². The number of rotatable bonds is 3. The average molecular weight is 283 g/mol. The second-order valence-corrected chi connectivity index (χ2v) is 4.61. The molecule has 0 spiro atoms. The van der Waals surface area contributed by atoms with Gasteiger partial charge in [0.1, 0.15) is 0 Å². The molecule has 0 amide bonds. The third-order valence-corrected chi connectivity index (χ3v) is 3.23. The quantitative estimate of drug-likeness (QED) is 0.937. The second kappa shape index (κ2) is 5.28. The molecular weight excluding hydrogens is 267 g/mol. The van der Waals surface area contributed by atoms with Gasteiger partial charge >= 0.3 is 6.18 Å². The summed E-state index contributed by atoms with van der Waals surface area (Å²) in [5.74, 6) is 0. The number of alkyl halides is 3. The van der Waals surface area contributed by atoms with E-state index >= 15 is 0 Å². The zero-order chi connectivity index (χ0) is 14.9. The van der Waals surface area contributed by atoms with Gasteiger partial charge in [-0.1, -0.05) is 12.1 Å². The Hall–Kier alpha value is -1.82. The van der Waals surface area contributed by atoms with E-state index in [1.165, 1.54) is 16.8 Å². The van der Waals surface area contributed by atoms with Crippen molar-refractivity contribution < 1.29 is 13.2 Å². The Balaban J connectivity index is 2.61. The summed E-state index contributed by atoms with van der Waals surface area (Å²) < 4.78 is 40.6. The molecule has 0 bridgehead atoms. The molecule has 0 aliphatic heterocycles. The summed E-state index contributed by atoms with van der Waals surface area (Å²) in [7, 11) is 1.79. The van der Waals surface area contributed by atoms with E-state index in [9.17, 15) is 13.2 Å². The number of benzene rings is 1. The highest BCUT2D eigenvalue weighted by Gasteiger charge is 2.34. The molecule has 108 valence electrons. The predicted octanol–water partition coefficient (Wildman–Crippen LogP) is 3.23. The summed E-state index contributed by atoms with van der Waals surface area (Å²) >= 11 is 0. The summed E-state index contributed by atoms with van der Waals surface area (Å²) in [4.78, 5) is 0. The first-order valence-electron chi connectivity index (χ1n) is 6.22. The standard InChI is InChI=1S/C14H16F3N3/c1-9-11(8-18-3)10(2)20(19-9)13-7-5-4-6-12(13)14(15,16)17/h4-7,18H,8H2,1-3H3. The Labute approximate surface area is 115 Å². The maximum absolute atomic E-state index is 13.1. The lowest BCUT2D eigenvalue weighted by atomic mass is 10.1. The molecule has 2 rings (SSSR count). The van der Waals surface area contributed by atoms with Crippen molar-refractivity contribution in [1.29, 1.82) is 0 Å². The van der Waals surface area contributed by atoms with Crippen molar-refractivity contribution >= 4 is 0 Å². The van der Waals surface area contributed by atoms with E-state index in [-0.39, 0.29) is 5.69 Å². The van der Waals surface area contributed by atoms with Gasteiger partial charge in [-0.3, -0.25) is 0 Å². The highest BCUT2D eigenvalue weighted by atomic mass is 19.4. The fourth-order valence-electron chi connectivity index (χ4n) is 2.24. The summed E-state index contributed by atoms with van der Waals surface area (Å²) in [6.45, 7) is 4.15. The van der Waals surface area contributed by atoms with Crippen LogP contribution in [-0.4, -0.2) is 16.8 Å². The molecule has 0 aliphatic rings. The minimum Gasteiger partial charge on any atom is -0.316 e. The number of nitrogens with zero attached hydrogens (tertiary/aromatic N) is 2. The summed E-state index contributed by atoms with van der Waals surface area (Å²) in [6, 6.07) is 5.47. The van der Waals surface area contributed by atoms with Crippen LogP contribution in [0.2, 0.25) is 0 Å². The maximum atomic E-state index is 13.1. The molecule has 1 aromatic heterocycles. The Morgan fingerprint density at radius 3 is 2.45 bits per heavy atom. The first-order valence-corrected chi connectivity index (χ1v) is 6.22. The molecule has 0 saturated heterocycles. The minimum absolute atomic E-state index is 0.0583. The van der Waals surface area contributed by atoms with Crippen LogP contribution in [0.25, 0.3) is 5.69 Å². The molecule has 0 atom stereocenters. The first kappa shape index (κ1) is 14.6. The zero-order valence-corrected chi connectivity index (χ0v) is 11.5. The smallest absolute Gasteiger partial charge is 0.316 e. The van der Waals surface area contributed by atoms with Crippen molar-refractivity contribution in [3.05, 3.63) is 46.8 Å². The van der Waals surface area contributed by atoms with Crippen molar-refractivity contribution in [3.8, 4) is 5.69 Å². The van der Waals surface area contributed by atoms with E-state index in [0.29, 0.717) is 12.2 Å². The lowest BCUT2D eigenvalue weighted by Crippen LogP contribution is -2.12. The van der Waals surface area contributed by atoms with E-state index in [4.69, 9.17) is 0 Å². The normalized spacial score (nSPS) is 11.9. The van der Waals surface area contributed by atoms with E-state index in [0.717, 1.165) is 17.3 Å². The van der Waals surface area contributed by atoms with Gasteiger partial charge in [0.2, 0.25) is 0 Å². The Kier molecular flexibility index (Phi) is 3.85. The van der Waals surface area contributed by atoms with Gasteiger partial charge in [0.05, 0.1) is 16.9 Å². The molecule has 1 heterocycles. The summed E-state index contributed by atoms with van der Waals surface area (Å²) in [5.41, 5.74) is 1.75. The number of hydrogen-bond acceptors (Lipinski definition) is 2. The molecule has 3 nitrogen and oxygen atoms in total. The average Bonchev–Trinajstić information content (AvgIpc) is 2.66. The van der Waals surface area contributed by atoms with Gasteiger partial charge in [0.15, 0.2) is 0 Å². The third kappa shape index (κ3) is 2.56. The molecular formula is C14H16F3N3. The molecule has 0 aliphatic carbocycles. The molecule has 0 saturated carbocycles.